The molecule has 0 unspecified atom stereocenters. The highest BCUT2D eigenvalue weighted by molar-refractivity contribution is 14.1. The Labute approximate surface area is 165 Å². The van der Waals surface area contributed by atoms with Crippen LogP contribution in [0.15, 0.2) is 78.9 Å². The maximum Gasteiger partial charge on any atom is 0.0147 e. The summed E-state index contributed by atoms with van der Waals surface area (Å²) in [6.07, 6.45) is 0. The van der Waals surface area contributed by atoms with Crippen molar-refractivity contribution in [1.82, 2.24) is 0 Å². The molecule has 0 saturated carbocycles. The van der Waals surface area contributed by atoms with Crippen LogP contribution in [0.3, 0.4) is 0 Å². The molecule has 0 aliphatic carbocycles. The molecule has 0 spiro atoms. The van der Waals surface area contributed by atoms with Gasteiger partial charge in [-0.15, -0.1) is 0 Å². The summed E-state index contributed by atoms with van der Waals surface area (Å²) < 4.78 is 1.29. The lowest BCUT2D eigenvalue weighted by Crippen LogP contribution is -2.23. The molecule has 0 heterocycles. The number of hydrogen-bond acceptors (Lipinski definition) is 0. The van der Waals surface area contributed by atoms with E-state index in [9.17, 15) is 0 Å². The van der Waals surface area contributed by atoms with E-state index in [4.69, 9.17) is 0 Å². The Hall–Kier alpha value is -1.61. The van der Waals surface area contributed by atoms with E-state index in [1.54, 1.807) is 0 Å². The molecule has 128 valence electrons. The van der Waals surface area contributed by atoms with Crippen LogP contribution in [0, 0.1) is 3.57 Å². The molecule has 0 fully saturated rings. The molecular weight excluding hydrogens is 415 g/mol. The summed E-state index contributed by atoms with van der Waals surface area (Å²) in [5.41, 5.74) is 5.38. The third-order valence-corrected chi connectivity index (χ3v) is 5.95. The monoisotopic (exact) mass is 440 g/mol. The first-order valence-corrected chi connectivity index (χ1v) is 9.82. The summed E-state index contributed by atoms with van der Waals surface area (Å²) in [5, 5.41) is 0. The van der Waals surface area contributed by atoms with E-state index in [0.717, 1.165) is 0 Å². The van der Waals surface area contributed by atoms with Crippen molar-refractivity contribution in [2.45, 2.75) is 38.5 Å². The average Bonchev–Trinajstić information content (AvgIpc) is 2.62. The SMILES string of the molecule is CC(C)(c1ccccc1)c1cc(I)cc(C(C)(C)c2ccccc2)c1. The summed E-state index contributed by atoms with van der Waals surface area (Å²) in [6.45, 7) is 9.25. The molecule has 0 aliphatic rings. The van der Waals surface area contributed by atoms with E-state index in [-0.39, 0.29) is 10.8 Å². The van der Waals surface area contributed by atoms with Crippen molar-refractivity contribution in [3.8, 4) is 0 Å². The van der Waals surface area contributed by atoms with Gasteiger partial charge in [-0.1, -0.05) is 94.4 Å². The Morgan fingerprint density at radius 3 is 1.24 bits per heavy atom. The number of benzene rings is 3. The molecule has 3 rings (SSSR count). The van der Waals surface area contributed by atoms with Crippen LogP contribution in [-0.2, 0) is 10.8 Å². The summed E-state index contributed by atoms with van der Waals surface area (Å²) in [4.78, 5) is 0. The minimum atomic E-state index is -0.0238. The molecule has 0 N–H and O–H groups in total. The van der Waals surface area contributed by atoms with Crippen LogP contribution in [0.2, 0.25) is 0 Å². The maximum absolute atomic E-state index is 2.45. The molecule has 0 bridgehead atoms. The summed E-state index contributed by atoms with van der Waals surface area (Å²) in [5.74, 6) is 0. The number of halogens is 1. The summed E-state index contributed by atoms with van der Waals surface area (Å²) >= 11 is 2.45. The third-order valence-electron chi connectivity index (χ3n) is 5.33. The van der Waals surface area contributed by atoms with Crippen LogP contribution in [0.5, 0.6) is 0 Å². The first kappa shape index (κ1) is 18.2. The van der Waals surface area contributed by atoms with E-state index in [1.165, 1.54) is 25.8 Å². The lowest BCUT2D eigenvalue weighted by atomic mass is 9.73. The van der Waals surface area contributed by atoms with Crippen LogP contribution in [0.25, 0.3) is 0 Å². The normalized spacial score (nSPS) is 12.2. The second-order valence-corrected chi connectivity index (χ2v) is 8.96. The fourth-order valence-corrected chi connectivity index (χ4v) is 4.03. The zero-order valence-electron chi connectivity index (χ0n) is 15.4. The number of rotatable bonds is 4. The minimum absolute atomic E-state index is 0.0238. The van der Waals surface area contributed by atoms with Crippen molar-refractivity contribution in [2.75, 3.05) is 0 Å². The topological polar surface area (TPSA) is 0 Å². The van der Waals surface area contributed by atoms with E-state index < -0.39 is 0 Å². The molecule has 0 aromatic heterocycles. The Bertz CT molecular complexity index is 776. The third kappa shape index (κ3) is 3.67. The highest BCUT2D eigenvalue weighted by atomic mass is 127. The van der Waals surface area contributed by atoms with E-state index in [1.807, 2.05) is 0 Å². The standard InChI is InChI=1S/C24H25I/c1-23(2,18-11-7-5-8-12-18)20-15-21(17-22(25)16-20)24(3,4)19-13-9-6-10-14-19/h5-17H,1-4H3. The first-order chi connectivity index (χ1) is 11.8. The van der Waals surface area contributed by atoms with Gasteiger partial charge >= 0.3 is 0 Å². The lowest BCUT2D eigenvalue weighted by molar-refractivity contribution is 0.616. The van der Waals surface area contributed by atoms with Crippen molar-refractivity contribution >= 4 is 22.6 Å². The molecule has 0 aliphatic heterocycles. The second-order valence-electron chi connectivity index (χ2n) is 7.71. The Morgan fingerprint density at radius 2 is 0.880 bits per heavy atom. The maximum atomic E-state index is 2.45. The zero-order chi connectivity index (χ0) is 18.1. The fourth-order valence-electron chi connectivity index (χ4n) is 3.35. The van der Waals surface area contributed by atoms with Crippen LogP contribution >= 0.6 is 22.6 Å². The van der Waals surface area contributed by atoms with E-state index in [0.29, 0.717) is 0 Å². The molecule has 3 aromatic rings. The molecule has 0 saturated heterocycles. The van der Waals surface area contributed by atoms with Gasteiger partial charge in [-0.25, -0.2) is 0 Å². The molecule has 25 heavy (non-hydrogen) atoms. The molecule has 3 aromatic carbocycles. The summed E-state index contributed by atoms with van der Waals surface area (Å²) in [7, 11) is 0. The predicted octanol–water partition coefficient (Wildman–Crippen LogP) is 6.94. The minimum Gasteiger partial charge on any atom is -0.0622 e. The Balaban J connectivity index is 2.10. The van der Waals surface area contributed by atoms with Crippen LogP contribution in [0.1, 0.15) is 49.9 Å². The highest BCUT2D eigenvalue weighted by Gasteiger charge is 2.28. The quantitative estimate of drug-likeness (QED) is 0.386. The predicted molar refractivity (Wildman–Crippen MR) is 116 cm³/mol. The van der Waals surface area contributed by atoms with Crippen molar-refractivity contribution < 1.29 is 0 Å². The Kier molecular flexibility index (Phi) is 5.06. The lowest BCUT2D eigenvalue weighted by Gasteiger charge is -2.31. The van der Waals surface area contributed by atoms with Gasteiger partial charge in [-0.2, -0.15) is 0 Å². The van der Waals surface area contributed by atoms with Gasteiger partial charge in [0, 0.05) is 14.4 Å². The van der Waals surface area contributed by atoms with Crippen LogP contribution in [0.4, 0.5) is 0 Å². The summed E-state index contributed by atoms with van der Waals surface area (Å²) in [6, 6.07) is 28.6. The largest absolute Gasteiger partial charge is 0.0622 e. The first-order valence-electron chi connectivity index (χ1n) is 8.74. The molecule has 0 nitrogen and oxygen atoms in total. The number of hydrogen-bond donors (Lipinski definition) is 0. The van der Waals surface area contributed by atoms with Crippen molar-refractivity contribution in [3.05, 3.63) is 105 Å². The zero-order valence-corrected chi connectivity index (χ0v) is 17.5. The second kappa shape index (κ2) is 6.95. The molecular formula is C24H25I. The van der Waals surface area contributed by atoms with Gasteiger partial charge in [0.1, 0.15) is 0 Å². The van der Waals surface area contributed by atoms with Crippen molar-refractivity contribution in [3.63, 3.8) is 0 Å². The van der Waals surface area contributed by atoms with Gasteiger partial charge < -0.3 is 0 Å². The van der Waals surface area contributed by atoms with Gasteiger partial charge in [0.25, 0.3) is 0 Å². The average molecular weight is 440 g/mol. The molecule has 0 atom stereocenters. The van der Waals surface area contributed by atoms with Crippen LogP contribution in [-0.4, -0.2) is 0 Å². The van der Waals surface area contributed by atoms with Gasteiger partial charge in [0.2, 0.25) is 0 Å². The molecule has 1 heteroatoms. The van der Waals surface area contributed by atoms with E-state index >= 15 is 0 Å². The fraction of sp³-hybridized carbons (Fsp3) is 0.250. The van der Waals surface area contributed by atoms with Gasteiger partial charge in [-0.3, -0.25) is 0 Å². The van der Waals surface area contributed by atoms with Gasteiger partial charge in [0.15, 0.2) is 0 Å². The van der Waals surface area contributed by atoms with Crippen LogP contribution < -0.4 is 0 Å². The Morgan fingerprint density at radius 1 is 0.520 bits per heavy atom. The van der Waals surface area contributed by atoms with Gasteiger partial charge in [-0.05, 0) is 57.0 Å². The molecule has 0 radical (unpaired) electrons. The smallest absolute Gasteiger partial charge is 0.0147 e. The van der Waals surface area contributed by atoms with E-state index in [2.05, 4.69) is 129 Å². The van der Waals surface area contributed by atoms with Crippen molar-refractivity contribution in [1.29, 1.82) is 0 Å². The van der Waals surface area contributed by atoms with Gasteiger partial charge in [0.05, 0.1) is 0 Å². The molecule has 0 amide bonds. The van der Waals surface area contributed by atoms with Crippen molar-refractivity contribution in [2.24, 2.45) is 0 Å². The highest BCUT2D eigenvalue weighted by Crippen LogP contribution is 2.37.